The number of ether oxygens (including phenoxy) is 2. The molecule has 0 aromatic heterocycles. The molecule has 1 fully saturated rings. The van der Waals surface area contributed by atoms with Crippen LogP contribution in [0.4, 0.5) is 4.39 Å². The third-order valence-electron chi connectivity index (χ3n) is 5.12. The Kier molecular flexibility index (Phi) is 5.40. The van der Waals surface area contributed by atoms with Crippen molar-refractivity contribution in [1.29, 1.82) is 0 Å². The summed E-state index contributed by atoms with van der Waals surface area (Å²) < 4.78 is 52.8. The van der Waals surface area contributed by atoms with E-state index in [9.17, 15) is 12.8 Å². The van der Waals surface area contributed by atoms with Crippen molar-refractivity contribution in [2.75, 3.05) is 26.0 Å². The van der Waals surface area contributed by atoms with Crippen molar-refractivity contribution in [2.24, 2.45) is 4.40 Å². The Morgan fingerprint density at radius 1 is 1.17 bits per heavy atom. The minimum Gasteiger partial charge on any atom is -0.495 e. The zero-order chi connectivity index (χ0) is 20.6. The second kappa shape index (κ2) is 7.84. The van der Waals surface area contributed by atoms with Gasteiger partial charge in [-0.25, -0.2) is 12.8 Å². The molecule has 1 atom stereocenters. The highest BCUT2D eigenvalue weighted by Crippen LogP contribution is 2.36. The first-order valence-electron chi connectivity index (χ1n) is 9.24. The van der Waals surface area contributed by atoms with Crippen molar-refractivity contribution in [3.63, 3.8) is 0 Å². The van der Waals surface area contributed by atoms with E-state index in [0.717, 1.165) is 31.0 Å². The van der Waals surface area contributed by atoms with E-state index in [2.05, 4.69) is 9.30 Å². The van der Waals surface area contributed by atoms with E-state index in [1.807, 2.05) is 12.1 Å². The Bertz CT molecular complexity index is 1060. The lowest BCUT2D eigenvalue weighted by atomic mass is 9.89. The van der Waals surface area contributed by atoms with Gasteiger partial charge in [-0.3, -0.25) is 0 Å². The Hall–Kier alpha value is -2.32. The van der Waals surface area contributed by atoms with E-state index < -0.39 is 15.8 Å². The van der Waals surface area contributed by atoms with Crippen LogP contribution in [-0.4, -0.2) is 45.1 Å². The summed E-state index contributed by atoms with van der Waals surface area (Å²) in [5, 5.41) is 0.165. The van der Waals surface area contributed by atoms with Gasteiger partial charge in [0, 0.05) is 31.1 Å². The summed E-state index contributed by atoms with van der Waals surface area (Å²) in [6.07, 6.45) is 1.80. The fraction of sp³-hybridized carbons (Fsp3) is 0.350. The van der Waals surface area contributed by atoms with Gasteiger partial charge < -0.3 is 14.4 Å². The molecule has 0 amide bonds. The molecule has 0 radical (unpaired) electrons. The number of amidine groups is 1. The summed E-state index contributed by atoms with van der Waals surface area (Å²) in [6.45, 7) is 1.31. The van der Waals surface area contributed by atoms with Gasteiger partial charge in [-0.15, -0.1) is 4.40 Å². The molecule has 0 aliphatic carbocycles. The van der Waals surface area contributed by atoms with E-state index in [1.54, 1.807) is 12.1 Å². The highest BCUT2D eigenvalue weighted by molar-refractivity contribution is 7.90. The number of nitrogens with zero attached hydrogens (tertiary/aromatic N) is 2. The van der Waals surface area contributed by atoms with Crippen LogP contribution in [0.5, 0.6) is 17.2 Å². The highest BCUT2D eigenvalue weighted by atomic mass is 35.5. The van der Waals surface area contributed by atoms with Crippen LogP contribution in [0.15, 0.2) is 40.8 Å². The normalized spacial score (nSPS) is 20.6. The molecule has 0 bridgehead atoms. The summed E-state index contributed by atoms with van der Waals surface area (Å²) in [6, 6.07) is 9.71. The molecule has 2 aromatic carbocycles. The van der Waals surface area contributed by atoms with Gasteiger partial charge in [0.05, 0.1) is 17.9 Å². The maximum Gasteiger partial charge on any atom is 0.256 e. The fourth-order valence-corrected chi connectivity index (χ4v) is 4.97. The first-order chi connectivity index (χ1) is 13.9. The van der Waals surface area contributed by atoms with Crippen LogP contribution in [0.3, 0.4) is 0 Å². The molecule has 2 aliphatic rings. The SMILES string of the molecule is COc1cc(Oc2ccc([C@@H]3CCCN4CCS(=O)(=O)N=C34)cc2)c(F)cc1Cl. The lowest BCUT2D eigenvalue weighted by Crippen LogP contribution is -2.46. The highest BCUT2D eigenvalue weighted by Gasteiger charge is 2.33. The number of methoxy groups -OCH3 is 1. The molecule has 0 saturated carbocycles. The maximum absolute atomic E-state index is 14.1. The molecule has 4 rings (SSSR count). The molecule has 1 saturated heterocycles. The van der Waals surface area contributed by atoms with Gasteiger partial charge in [-0.1, -0.05) is 23.7 Å². The number of fused-ring (bicyclic) bond motifs is 1. The number of halogens is 2. The standard InChI is InChI=1S/C20H20ClFN2O4S/c1-27-18-12-19(17(22)11-16(18)21)28-14-6-4-13(5-7-14)15-3-2-8-24-9-10-29(25,26)23-20(15)24/h4-7,11-12,15H,2-3,8-10H2,1H3/t15-/m0/s1. The van der Waals surface area contributed by atoms with Crippen LogP contribution in [0.25, 0.3) is 0 Å². The minimum atomic E-state index is -3.40. The van der Waals surface area contributed by atoms with Gasteiger partial charge in [0.15, 0.2) is 11.6 Å². The van der Waals surface area contributed by atoms with E-state index in [1.165, 1.54) is 13.2 Å². The Morgan fingerprint density at radius 2 is 1.93 bits per heavy atom. The van der Waals surface area contributed by atoms with Gasteiger partial charge in [0.1, 0.15) is 17.3 Å². The van der Waals surface area contributed by atoms with Gasteiger partial charge >= 0.3 is 0 Å². The van der Waals surface area contributed by atoms with E-state index in [-0.39, 0.29) is 22.4 Å². The number of hydrogen-bond donors (Lipinski definition) is 0. The van der Waals surface area contributed by atoms with Crippen molar-refractivity contribution >= 4 is 27.5 Å². The third-order valence-corrected chi connectivity index (χ3v) is 6.58. The van der Waals surface area contributed by atoms with Gasteiger partial charge in [0.2, 0.25) is 0 Å². The van der Waals surface area contributed by atoms with Crippen molar-refractivity contribution < 1.29 is 22.3 Å². The summed E-state index contributed by atoms with van der Waals surface area (Å²) in [4.78, 5) is 2.05. The first kappa shape index (κ1) is 20.0. The lowest BCUT2D eigenvalue weighted by Gasteiger charge is -2.37. The predicted octanol–water partition coefficient (Wildman–Crippen LogP) is 4.20. The second-order valence-electron chi connectivity index (χ2n) is 7.01. The van der Waals surface area contributed by atoms with Crippen molar-refractivity contribution in [2.45, 2.75) is 18.8 Å². The van der Waals surface area contributed by atoms with E-state index >= 15 is 0 Å². The monoisotopic (exact) mass is 438 g/mol. The average molecular weight is 439 g/mol. The molecule has 29 heavy (non-hydrogen) atoms. The molecule has 0 unspecified atom stereocenters. The molecule has 154 valence electrons. The minimum absolute atomic E-state index is 0.00518. The smallest absolute Gasteiger partial charge is 0.256 e. The van der Waals surface area contributed by atoms with Crippen LogP contribution >= 0.6 is 11.6 Å². The fourth-order valence-electron chi connectivity index (χ4n) is 3.67. The van der Waals surface area contributed by atoms with Gasteiger partial charge in [-0.05, 0) is 30.5 Å². The van der Waals surface area contributed by atoms with Crippen LogP contribution in [0.2, 0.25) is 5.02 Å². The Labute approximate surface area is 174 Å². The zero-order valence-electron chi connectivity index (χ0n) is 15.8. The lowest BCUT2D eigenvalue weighted by molar-refractivity contribution is 0.366. The number of rotatable bonds is 4. The number of hydrogen-bond acceptors (Lipinski definition) is 5. The zero-order valence-corrected chi connectivity index (χ0v) is 17.3. The molecule has 0 N–H and O–H groups in total. The van der Waals surface area contributed by atoms with Crippen LogP contribution in [-0.2, 0) is 10.0 Å². The van der Waals surface area contributed by atoms with Crippen LogP contribution < -0.4 is 9.47 Å². The van der Waals surface area contributed by atoms with E-state index in [4.69, 9.17) is 21.1 Å². The second-order valence-corrected chi connectivity index (χ2v) is 9.17. The molecular formula is C20H20ClFN2O4S. The van der Waals surface area contributed by atoms with Gasteiger partial charge in [-0.2, -0.15) is 0 Å². The number of sulfonamides is 1. The topological polar surface area (TPSA) is 68.2 Å². The van der Waals surface area contributed by atoms with Crippen LogP contribution in [0, 0.1) is 5.82 Å². The molecule has 2 aromatic rings. The summed E-state index contributed by atoms with van der Waals surface area (Å²) in [5.41, 5.74) is 0.951. The molecule has 9 heteroatoms. The Morgan fingerprint density at radius 3 is 2.66 bits per heavy atom. The summed E-state index contributed by atoms with van der Waals surface area (Å²) in [5.74, 6) is 0.771. The predicted molar refractivity (Wildman–Crippen MR) is 109 cm³/mol. The van der Waals surface area contributed by atoms with Crippen molar-refractivity contribution in [1.82, 2.24) is 4.90 Å². The van der Waals surface area contributed by atoms with Gasteiger partial charge in [0.25, 0.3) is 10.0 Å². The molecule has 0 spiro atoms. The summed E-state index contributed by atoms with van der Waals surface area (Å²) >= 11 is 5.91. The average Bonchev–Trinajstić information content (AvgIpc) is 2.69. The third kappa shape index (κ3) is 4.18. The number of piperidine rings is 1. The Balaban J connectivity index is 1.58. The van der Waals surface area contributed by atoms with Crippen LogP contribution in [0.1, 0.15) is 24.3 Å². The molecule has 2 aliphatic heterocycles. The number of benzene rings is 2. The molecule has 6 nitrogen and oxygen atoms in total. The quantitative estimate of drug-likeness (QED) is 0.715. The van der Waals surface area contributed by atoms with Crippen molar-refractivity contribution in [3.05, 3.63) is 52.8 Å². The van der Waals surface area contributed by atoms with Crippen molar-refractivity contribution in [3.8, 4) is 17.2 Å². The first-order valence-corrected chi connectivity index (χ1v) is 11.2. The summed E-state index contributed by atoms with van der Waals surface area (Å²) in [7, 11) is -1.96. The molecule has 2 heterocycles. The largest absolute Gasteiger partial charge is 0.495 e. The maximum atomic E-state index is 14.1. The molecular weight excluding hydrogens is 419 g/mol. The van der Waals surface area contributed by atoms with E-state index in [0.29, 0.717) is 23.9 Å².